The fraction of sp³-hybridized carbons (Fsp3) is 0.562. The molecule has 2 aromatic rings. The molecule has 126 valence electrons. The summed E-state index contributed by atoms with van der Waals surface area (Å²) in [6.45, 7) is 4.36. The summed E-state index contributed by atoms with van der Waals surface area (Å²) in [5.74, 6) is 0.315. The van der Waals surface area contributed by atoms with Gasteiger partial charge in [-0.1, -0.05) is 18.5 Å². The Labute approximate surface area is 141 Å². The second-order valence-electron chi connectivity index (χ2n) is 6.04. The highest BCUT2D eigenvalue weighted by Crippen LogP contribution is 2.40. The van der Waals surface area contributed by atoms with E-state index in [2.05, 4.69) is 22.4 Å². The third-order valence-corrected chi connectivity index (χ3v) is 4.00. The van der Waals surface area contributed by atoms with Crippen LogP contribution in [0.15, 0.2) is 10.6 Å². The van der Waals surface area contributed by atoms with E-state index in [4.69, 9.17) is 10.3 Å². The molecule has 1 fully saturated rings. The molecule has 7 heteroatoms. The Morgan fingerprint density at radius 2 is 2.26 bits per heavy atom. The first-order chi connectivity index (χ1) is 10.6. The summed E-state index contributed by atoms with van der Waals surface area (Å²) >= 11 is 0. The van der Waals surface area contributed by atoms with Crippen LogP contribution in [0.4, 0.5) is 0 Å². The molecular formula is C16H23ClN4O2. The van der Waals surface area contributed by atoms with E-state index in [1.165, 1.54) is 0 Å². The summed E-state index contributed by atoms with van der Waals surface area (Å²) in [5.41, 5.74) is 8.41. The average Bonchev–Trinajstić information content (AvgIpc) is 3.29. The van der Waals surface area contributed by atoms with Crippen molar-refractivity contribution < 1.29 is 9.32 Å². The molecule has 0 radical (unpaired) electrons. The SMILES string of the molecule is CCCc1noc2nc(C3CC3)cc(C(=O)N[C@@H](C)CN)c12.Cl. The fourth-order valence-corrected chi connectivity index (χ4v) is 2.56. The first-order valence-electron chi connectivity index (χ1n) is 7.94. The molecule has 0 spiro atoms. The van der Waals surface area contributed by atoms with Gasteiger partial charge in [-0.3, -0.25) is 4.79 Å². The maximum absolute atomic E-state index is 12.6. The minimum atomic E-state index is -0.132. The first-order valence-corrected chi connectivity index (χ1v) is 7.94. The maximum atomic E-state index is 12.6. The Balaban J connectivity index is 0.00000192. The molecule has 23 heavy (non-hydrogen) atoms. The molecule has 0 aliphatic heterocycles. The van der Waals surface area contributed by atoms with Crippen LogP contribution in [0, 0.1) is 0 Å². The van der Waals surface area contributed by atoms with Crippen molar-refractivity contribution in [2.24, 2.45) is 5.73 Å². The van der Waals surface area contributed by atoms with Crippen molar-refractivity contribution in [3.63, 3.8) is 0 Å². The van der Waals surface area contributed by atoms with Gasteiger partial charge in [0.15, 0.2) is 0 Å². The Morgan fingerprint density at radius 1 is 1.52 bits per heavy atom. The minimum Gasteiger partial charge on any atom is -0.348 e. The number of nitrogens with zero attached hydrogens (tertiary/aromatic N) is 2. The standard InChI is InChI=1S/C16H22N4O2.ClH/c1-3-4-12-14-11(15(21)18-9(2)8-17)7-13(10-5-6-10)19-16(14)22-20-12;/h7,9-10H,3-6,8,17H2,1-2H3,(H,18,21);1H/t9-;/m0./s1. The number of amides is 1. The predicted molar refractivity (Wildman–Crippen MR) is 91.0 cm³/mol. The summed E-state index contributed by atoms with van der Waals surface area (Å²) in [6.07, 6.45) is 3.94. The van der Waals surface area contributed by atoms with Crippen molar-refractivity contribution in [1.29, 1.82) is 0 Å². The molecule has 0 bridgehead atoms. The number of pyridine rings is 1. The highest BCUT2D eigenvalue weighted by Gasteiger charge is 2.29. The molecule has 0 saturated heterocycles. The maximum Gasteiger partial charge on any atom is 0.259 e. The number of fused-ring (bicyclic) bond motifs is 1. The lowest BCUT2D eigenvalue weighted by molar-refractivity contribution is 0.0942. The molecule has 1 aliphatic carbocycles. The third-order valence-electron chi connectivity index (χ3n) is 4.00. The molecule has 6 nitrogen and oxygen atoms in total. The molecule has 0 unspecified atom stereocenters. The topological polar surface area (TPSA) is 94.0 Å². The van der Waals surface area contributed by atoms with E-state index in [-0.39, 0.29) is 24.4 Å². The highest BCUT2D eigenvalue weighted by atomic mass is 35.5. The van der Waals surface area contributed by atoms with Gasteiger partial charge in [0.25, 0.3) is 11.6 Å². The molecule has 1 saturated carbocycles. The van der Waals surface area contributed by atoms with E-state index in [1.807, 2.05) is 13.0 Å². The van der Waals surface area contributed by atoms with E-state index >= 15 is 0 Å². The Hall–Kier alpha value is -1.66. The Kier molecular flexibility index (Phi) is 5.59. The third kappa shape index (κ3) is 3.64. The molecule has 1 atom stereocenters. The van der Waals surface area contributed by atoms with E-state index in [0.29, 0.717) is 23.7 Å². The molecule has 0 aromatic carbocycles. The van der Waals surface area contributed by atoms with Crippen LogP contribution in [-0.4, -0.2) is 28.6 Å². The lowest BCUT2D eigenvalue weighted by atomic mass is 10.0. The Bertz CT molecular complexity index is 697. The summed E-state index contributed by atoms with van der Waals surface area (Å²) in [4.78, 5) is 17.2. The van der Waals surface area contributed by atoms with Crippen molar-refractivity contribution >= 4 is 29.4 Å². The van der Waals surface area contributed by atoms with Crippen molar-refractivity contribution in [3.05, 3.63) is 23.0 Å². The largest absolute Gasteiger partial charge is 0.348 e. The quantitative estimate of drug-likeness (QED) is 0.844. The van der Waals surface area contributed by atoms with Crippen molar-refractivity contribution in [1.82, 2.24) is 15.5 Å². The normalized spacial score (nSPS) is 15.3. The van der Waals surface area contributed by atoms with Gasteiger partial charge in [-0.15, -0.1) is 12.4 Å². The molecule has 3 rings (SSSR count). The summed E-state index contributed by atoms with van der Waals surface area (Å²) in [6, 6.07) is 1.82. The highest BCUT2D eigenvalue weighted by molar-refractivity contribution is 6.06. The minimum absolute atomic E-state index is 0. The second kappa shape index (κ2) is 7.27. The number of hydrogen-bond donors (Lipinski definition) is 2. The van der Waals surface area contributed by atoms with Crippen molar-refractivity contribution in [2.75, 3.05) is 6.54 Å². The van der Waals surface area contributed by atoms with E-state index in [9.17, 15) is 4.79 Å². The second-order valence-corrected chi connectivity index (χ2v) is 6.04. The average molecular weight is 339 g/mol. The smallest absolute Gasteiger partial charge is 0.259 e. The van der Waals surface area contributed by atoms with Gasteiger partial charge >= 0.3 is 0 Å². The summed E-state index contributed by atoms with van der Waals surface area (Å²) < 4.78 is 5.38. The number of rotatable bonds is 6. The van der Waals surface area contributed by atoms with Crippen LogP contribution in [0.25, 0.3) is 11.1 Å². The predicted octanol–water partition coefficient (Wildman–Crippen LogP) is 2.55. The van der Waals surface area contributed by atoms with Crippen molar-refractivity contribution in [2.45, 2.75) is 51.5 Å². The van der Waals surface area contributed by atoms with Crippen LogP contribution < -0.4 is 11.1 Å². The van der Waals surface area contributed by atoms with Crippen molar-refractivity contribution in [3.8, 4) is 0 Å². The lowest BCUT2D eigenvalue weighted by Crippen LogP contribution is -2.38. The van der Waals surface area contributed by atoms with Gasteiger partial charge in [0.1, 0.15) is 0 Å². The number of aryl methyl sites for hydroxylation is 1. The van der Waals surface area contributed by atoms with Crippen LogP contribution >= 0.6 is 12.4 Å². The van der Waals surface area contributed by atoms with E-state index < -0.39 is 0 Å². The summed E-state index contributed by atoms with van der Waals surface area (Å²) in [5, 5.41) is 7.77. The fourth-order valence-electron chi connectivity index (χ4n) is 2.56. The van der Waals surface area contributed by atoms with Crippen LogP contribution in [0.3, 0.4) is 0 Å². The zero-order valence-electron chi connectivity index (χ0n) is 13.5. The molecular weight excluding hydrogens is 316 g/mol. The lowest BCUT2D eigenvalue weighted by Gasteiger charge is -2.12. The molecule has 2 aromatic heterocycles. The van der Waals surface area contributed by atoms with Gasteiger partial charge in [0, 0.05) is 24.2 Å². The molecule has 1 amide bonds. The van der Waals surface area contributed by atoms with E-state index in [0.717, 1.165) is 42.5 Å². The van der Waals surface area contributed by atoms with Gasteiger partial charge in [-0.25, -0.2) is 4.98 Å². The first kappa shape index (κ1) is 17.7. The van der Waals surface area contributed by atoms with Gasteiger partial charge in [0.2, 0.25) is 0 Å². The number of halogens is 1. The molecule has 2 heterocycles. The zero-order valence-corrected chi connectivity index (χ0v) is 14.3. The van der Waals surface area contributed by atoms with Crippen LogP contribution in [-0.2, 0) is 6.42 Å². The molecule has 3 N–H and O–H groups in total. The number of aromatic nitrogens is 2. The van der Waals surface area contributed by atoms with E-state index in [1.54, 1.807) is 0 Å². The van der Waals surface area contributed by atoms with Gasteiger partial charge in [0.05, 0.1) is 16.6 Å². The van der Waals surface area contributed by atoms with Crippen LogP contribution in [0.1, 0.15) is 60.8 Å². The van der Waals surface area contributed by atoms with Crippen LogP contribution in [0.2, 0.25) is 0 Å². The van der Waals surface area contributed by atoms with Crippen LogP contribution in [0.5, 0.6) is 0 Å². The monoisotopic (exact) mass is 338 g/mol. The van der Waals surface area contributed by atoms with Gasteiger partial charge < -0.3 is 15.6 Å². The number of nitrogens with two attached hydrogens (primary N) is 1. The summed E-state index contributed by atoms with van der Waals surface area (Å²) in [7, 11) is 0. The number of carbonyl (C=O) groups is 1. The number of hydrogen-bond acceptors (Lipinski definition) is 5. The zero-order chi connectivity index (χ0) is 15.7. The van der Waals surface area contributed by atoms with Gasteiger partial charge in [-0.05, 0) is 32.3 Å². The number of carbonyl (C=O) groups excluding carboxylic acids is 1. The Morgan fingerprint density at radius 3 is 2.87 bits per heavy atom. The number of nitrogens with one attached hydrogen (secondary N) is 1. The van der Waals surface area contributed by atoms with Gasteiger partial charge in [-0.2, -0.15) is 0 Å². The molecule has 1 aliphatic rings.